The Kier molecular flexibility index (Phi) is 7.30. The van der Waals surface area contributed by atoms with Crippen molar-refractivity contribution in [3.63, 3.8) is 0 Å². The molecule has 4 aliphatic carbocycles. The van der Waals surface area contributed by atoms with Gasteiger partial charge >= 0.3 is 0 Å². The van der Waals surface area contributed by atoms with Crippen LogP contribution in [0.2, 0.25) is 0 Å². The summed E-state index contributed by atoms with van der Waals surface area (Å²) in [5, 5.41) is 64.3. The molecule has 0 aromatic rings. The first-order valence-electron chi connectivity index (χ1n) is 13.9. The SMILES string of the molecule is CC(C)[C@](O)(CO)CC[C@@H](C)[C@H]1C[C@@H](O)[C@H]2[C@@H]3C[C@H](O)[C@H]4[C@@H](O)[C@@H](O)CC[C@]4(C)[C@H]3CC[C@@]21C. The fourth-order valence-corrected chi connectivity index (χ4v) is 9.61. The molecule has 6 nitrogen and oxygen atoms in total. The van der Waals surface area contributed by atoms with Gasteiger partial charge in [-0.1, -0.05) is 34.6 Å². The molecule has 6 N–H and O–H groups in total. The van der Waals surface area contributed by atoms with Gasteiger partial charge in [-0.25, -0.2) is 0 Å². The Bertz CT molecular complexity index is 730. The molecule has 4 saturated carbocycles. The second-order valence-corrected chi connectivity index (χ2v) is 13.6. The third-order valence-corrected chi connectivity index (χ3v) is 11.8. The maximum atomic E-state index is 11.4. The summed E-state index contributed by atoms with van der Waals surface area (Å²) >= 11 is 0. The first-order valence-corrected chi connectivity index (χ1v) is 13.9. The summed E-state index contributed by atoms with van der Waals surface area (Å²) in [6, 6.07) is 0. The molecule has 34 heavy (non-hydrogen) atoms. The fourth-order valence-electron chi connectivity index (χ4n) is 9.61. The van der Waals surface area contributed by atoms with Gasteiger partial charge in [-0.3, -0.25) is 0 Å². The average molecular weight is 483 g/mol. The Morgan fingerprint density at radius 2 is 1.47 bits per heavy atom. The van der Waals surface area contributed by atoms with Crippen LogP contribution in [0.15, 0.2) is 0 Å². The predicted molar refractivity (Wildman–Crippen MR) is 131 cm³/mol. The minimum atomic E-state index is -1.06. The first-order chi connectivity index (χ1) is 15.8. The number of aliphatic hydroxyl groups is 6. The van der Waals surface area contributed by atoms with Gasteiger partial charge in [0.1, 0.15) is 0 Å². The third kappa shape index (κ3) is 3.99. The minimum absolute atomic E-state index is 0.0144. The summed E-state index contributed by atoms with van der Waals surface area (Å²) in [7, 11) is 0. The van der Waals surface area contributed by atoms with Crippen LogP contribution in [0.1, 0.15) is 86.0 Å². The highest BCUT2D eigenvalue weighted by molar-refractivity contribution is 5.14. The number of hydrogen-bond acceptors (Lipinski definition) is 6. The fraction of sp³-hybridized carbons (Fsp3) is 1.00. The molecule has 0 aromatic heterocycles. The third-order valence-electron chi connectivity index (χ3n) is 11.8. The molecule has 0 unspecified atom stereocenters. The van der Waals surface area contributed by atoms with E-state index in [0.29, 0.717) is 37.0 Å². The lowest BCUT2D eigenvalue weighted by Gasteiger charge is -2.63. The Morgan fingerprint density at radius 1 is 0.853 bits per heavy atom. The van der Waals surface area contributed by atoms with Gasteiger partial charge in [0.05, 0.1) is 36.6 Å². The zero-order valence-corrected chi connectivity index (χ0v) is 21.9. The van der Waals surface area contributed by atoms with E-state index in [9.17, 15) is 30.6 Å². The second kappa shape index (κ2) is 9.25. The Morgan fingerprint density at radius 3 is 2.09 bits per heavy atom. The van der Waals surface area contributed by atoms with Crippen LogP contribution in [0.25, 0.3) is 0 Å². The van der Waals surface area contributed by atoms with Gasteiger partial charge < -0.3 is 30.6 Å². The van der Waals surface area contributed by atoms with Crippen LogP contribution in [0.5, 0.6) is 0 Å². The van der Waals surface area contributed by atoms with Gasteiger partial charge in [-0.2, -0.15) is 0 Å². The van der Waals surface area contributed by atoms with Crippen molar-refractivity contribution in [3.05, 3.63) is 0 Å². The molecule has 0 radical (unpaired) electrons. The highest BCUT2D eigenvalue weighted by Gasteiger charge is 2.66. The molecule has 0 bridgehead atoms. The van der Waals surface area contributed by atoms with Gasteiger partial charge in [0.2, 0.25) is 0 Å². The van der Waals surface area contributed by atoms with E-state index < -0.39 is 30.0 Å². The molecule has 4 fully saturated rings. The molecule has 0 heterocycles. The molecule has 0 saturated heterocycles. The van der Waals surface area contributed by atoms with Crippen LogP contribution in [0.3, 0.4) is 0 Å². The largest absolute Gasteiger partial charge is 0.393 e. The molecule has 0 aromatic carbocycles. The van der Waals surface area contributed by atoms with E-state index in [0.717, 1.165) is 32.1 Å². The van der Waals surface area contributed by atoms with Gasteiger partial charge in [0, 0.05) is 5.92 Å². The number of hydrogen-bond donors (Lipinski definition) is 6. The molecule has 0 spiro atoms. The Hall–Kier alpha value is -0.240. The number of rotatable bonds is 6. The monoisotopic (exact) mass is 482 g/mol. The molecule has 0 amide bonds. The zero-order chi connectivity index (χ0) is 25.2. The smallest absolute Gasteiger partial charge is 0.0900 e. The van der Waals surface area contributed by atoms with Crippen molar-refractivity contribution in [3.8, 4) is 0 Å². The van der Waals surface area contributed by atoms with Crippen LogP contribution < -0.4 is 0 Å². The lowest BCUT2D eigenvalue weighted by Crippen LogP contribution is -2.63. The lowest BCUT2D eigenvalue weighted by atomic mass is 9.43. The molecule has 6 heteroatoms. The predicted octanol–water partition coefficient (Wildman–Crippen LogP) is 2.71. The number of aliphatic hydroxyl groups excluding tert-OH is 5. The standard InChI is InChI=1S/C28H50O6/c1-15(2)28(34,14-29)11-6-16(3)19-13-22(32)23-17-12-21(31)24-25(33)20(30)8-10-26(24,4)18(17)7-9-27(19,23)5/h15-25,29-34H,6-14H2,1-5H3/t16-,17-,18+,19-,20+,21+,22-,23-,24+,25+,26-,27-,28-/m1/s1. The van der Waals surface area contributed by atoms with Crippen molar-refractivity contribution in [2.24, 2.45) is 52.3 Å². The summed E-state index contributed by atoms with van der Waals surface area (Å²) in [4.78, 5) is 0. The molecule has 4 aliphatic rings. The Labute approximate surface area is 205 Å². The normalized spacial score (nSPS) is 51.4. The summed E-state index contributed by atoms with van der Waals surface area (Å²) in [5.74, 6) is 1.02. The van der Waals surface area contributed by atoms with E-state index in [1.54, 1.807) is 0 Å². The lowest BCUT2D eigenvalue weighted by molar-refractivity contribution is -0.217. The van der Waals surface area contributed by atoms with Crippen LogP contribution >= 0.6 is 0 Å². The van der Waals surface area contributed by atoms with Crippen LogP contribution in [0, 0.1) is 52.3 Å². The van der Waals surface area contributed by atoms with Crippen molar-refractivity contribution in [2.75, 3.05) is 6.61 Å². The molecule has 0 aliphatic heterocycles. The summed E-state index contributed by atoms with van der Waals surface area (Å²) in [6.45, 7) is 10.4. The van der Waals surface area contributed by atoms with Gasteiger partial charge in [-0.15, -0.1) is 0 Å². The van der Waals surface area contributed by atoms with Crippen molar-refractivity contribution in [2.45, 2.75) is 116 Å². The van der Waals surface area contributed by atoms with E-state index in [-0.39, 0.29) is 41.1 Å². The first kappa shape index (κ1) is 26.8. The van der Waals surface area contributed by atoms with Crippen LogP contribution in [-0.2, 0) is 0 Å². The molecular weight excluding hydrogens is 432 g/mol. The van der Waals surface area contributed by atoms with E-state index in [1.807, 2.05) is 13.8 Å². The summed E-state index contributed by atoms with van der Waals surface area (Å²) < 4.78 is 0. The van der Waals surface area contributed by atoms with Gasteiger partial charge in [0.25, 0.3) is 0 Å². The van der Waals surface area contributed by atoms with E-state index in [4.69, 9.17) is 0 Å². The maximum Gasteiger partial charge on any atom is 0.0900 e. The number of fused-ring (bicyclic) bond motifs is 5. The van der Waals surface area contributed by atoms with Crippen LogP contribution in [0.4, 0.5) is 0 Å². The molecule has 198 valence electrons. The minimum Gasteiger partial charge on any atom is -0.393 e. The average Bonchev–Trinajstić information content (AvgIpc) is 3.05. The Balaban J connectivity index is 1.55. The zero-order valence-electron chi connectivity index (χ0n) is 21.9. The van der Waals surface area contributed by atoms with Crippen molar-refractivity contribution in [1.29, 1.82) is 0 Å². The molecular formula is C28H50O6. The second-order valence-electron chi connectivity index (χ2n) is 13.6. The van der Waals surface area contributed by atoms with Gasteiger partial charge in [0.15, 0.2) is 0 Å². The highest BCUT2D eigenvalue weighted by Crippen LogP contribution is 2.68. The van der Waals surface area contributed by atoms with E-state index >= 15 is 0 Å². The molecule has 4 rings (SSSR count). The molecule has 13 atom stereocenters. The van der Waals surface area contributed by atoms with Crippen molar-refractivity contribution >= 4 is 0 Å². The summed E-state index contributed by atoms with van der Waals surface area (Å²) in [5.41, 5.74) is -1.31. The van der Waals surface area contributed by atoms with Crippen molar-refractivity contribution in [1.82, 2.24) is 0 Å². The van der Waals surface area contributed by atoms with E-state index in [2.05, 4.69) is 20.8 Å². The summed E-state index contributed by atoms with van der Waals surface area (Å²) in [6.07, 6.45) is 3.44. The van der Waals surface area contributed by atoms with Crippen molar-refractivity contribution < 1.29 is 30.6 Å². The topological polar surface area (TPSA) is 121 Å². The highest BCUT2D eigenvalue weighted by atomic mass is 16.3. The van der Waals surface area contributed by atoms with E-state index in [1.165, 1.54) is 0 Å². The van der Waals surface area contributed by atoms with Gasteiger partial charge in [-0.05, 0) is 97.7 Å². The van der Waals surface area contributed by atoms with Crippen LogP contribution in [-0.4, -0.2) is 67.3 Å². The quantitative estimate of drug-likeness (QED) is 0.346. The maximum absolute atomic E-state index is 11.4.